The first-order valence-electron chi connectivity index (χ1n) is 7.36. The third-order valence-corrected chi connectivity index (χ3v) is 3.57. The van der Waals surface area contributed by atoms with Gasteiger partial charge in [-0.2, -0.15) is 5.11 Å². The number of hydrogen-bond donors (Lipinski definition) is 1. The van der Waals surface area contributed by atoms with Crippen LogP contribution in [0.5, 0.6) is 17.2 Å². The lowest BCUT2D eigenvalue weighted by molar-refractivity contribution is 0.347. The van der Waals surface area contributed by atoms with Crippen LogP contribution >= 0.6 is 0 Å². The summed E-state index contributed by atoms with van der Waals surface area (Å²) in [5, 5.41) is 8.34. The molecule has 0 aliphatic heterocycles. The van der Waals surface area contributed by atoms with Crippen molar-refractivity contribution in [3.05, 3.63) is 42.0 Å². The minimum atomic E-state index is 0.334. The standard InChI is InChI=1S/C17H18N4O3/c1-22-14-9-16(24-3)15(23-2)8-11(14)10-18-21-17-19-12-6-4-5-7-13(12)20-17/h4-9H,10H2,1-3H3,(H,19,20). The van der Waals surface area contributed by atoms with Gasteiger partial charge >= 0.3 is 0 Å². The molecule has 24 heavy (non-hydrogen) atoms. The van der Waals surface area contributed by atoms with Crippen molar-refractivity contribution in [2.24, 2.45) is 10.2 Å². The average Bonchev–Trinajstić information content (AvgIpc) is 3.03. The molecule has 1 aromatic heterocycles. The van der Waals surface area contributed by atoms with Crippen LogP contribution in [0.25, 0.3) is 11.0 Å². The number of nitrogens with zero attached hydrogens (tertiary/aromatic N) is 3. The van der Waals surface area contributed by atoms with Crippen molar-refractivity contribution in [2.45, 2.75) is 6.54 Å². The average molecular weight is 326 g/mol. The van der Waals surface area contributed by atoms with E-state index < -0.39 is 0 Å². The summed E-state index contributed by atoms with van der Waals surface area (Å²) in [5.74, 6) is 2.35. The molecule has 3 rings (SSSR count). The number of nitrogens with one attached hydrogen (secondary N) is 1. The second-order valence-electron chi connectivity index (χ2n) is 5.00. The Morgan fingerprint density at radius 2 is 1.67 bits per heavy atom. The van der Waals surface area contributed by atoms with Gasteiger partial charge in [-0.05, 0) is 18.2 Å². The molecule has 2 aromatic carbocycles. The molecule has 7 nitrogen and oxygen atoms in total. The number of ether oxygens (including phenoxy) is 3. The zero-order chi connectivity index (χ0) is 16.9. The van der Waals surface area contributed by atoms with Crippen molar-refractivity contribution in [2.75, 3.05) is 21.3 Å². The highest BCUT2D eigenvalue weighted by Crippen LogP contribution is 2.35. The van der Waals surface area contributed by atoms with Crippen molar-refractivity contribution in [3.8, 4) is 17.2 Å². The number of methoxy groups -OCH3 is 3. The van der Waals surface area contributed by atoms with Crippen LogP contribution in [0.15, 0.2) is 46.6 Å². The Hall–Kier alpha value is -3.09. The lowest BCUT2D eigenvalue weighted by atomic mass is 10.1. The van der Waals surface area contributed by atoms with Crippen LogP contribution in [0.4, 0.5) is 5.95 Å². The molecule has 0 spiro atoms. The van der Waals surface area contributed by atoms with E-state index in [0.29, 0.717) is 29.7 Å². The molecule has 124 valence electrons. The summed E-state index contributed by atoms with van der Waals surface area (Å²) >= 11 is 0. The second-order valence-corrected chi connectivity index (χ2v) is 5.00. The van der Waals surface area contributed by atoms with Crippen LogP contribution < -0.4 is 14.2 Å². The van der Waals surface area contributed by atoms with E-state index in [4.69, 9.17) is 14.2 Å². The summed E-state index contributed by atoms with van der Waals surface area (Å²) < 4.78 is 16.0. The highest BCUT2D eigenvalue weighted by molar-refractivity contribution is 5.76. The molecular weight excluding hydrogens is 308 g/mol. The predicted octanol–water partition coefficient (Wildman–Crippen LogP) is 3.87. The number of imidazole rings is 1. The summed E-state index contributed by atoms with van der Waals surface area (Å²) in [6.45, 7) is 0.334. The van der Waals surface area contributed by atoms with Gasteiger partial charge < -0.3 is 19.2 Å². The Balaban J connectivity index is 1.82. The third-order valence-electron chi connectivity index (χ3n) is 3.57. The number of azo groups is 1. The molecule has 0 radical (unpaired) electrons. The van der Waals surface area contributed by atoms with Crippen molar-refractivity contribution in [1.29, 1.82) is 0 Å². The molecule has 1 N–H and O–H groups in total. The van der Waals surface area contributed by atoms with E-state index in [2.05, 4.69) is 20.2 Å². The number of H-pyrrole nitrogens is 1. The molecule has 0 saturated heterocycles. The fraction of sp³-hybridized carbons (Fsp3) is 0.235. The Labute approximate surface area is 139 Å². The molecule has 0 atom stereocenters. The molecule has 1 heterocycles. The van der Waals surface area contributed by atoms with E-state index in [9.17, 15) is 0 Å². The molecule has 3 aromatic rings. The lowest BCUT2D eigenvalue weighted by Crippen LogP contribution is -1.96. The van der Waals surface area contributed by atoms with Gasteiger partial charge in [-0.3, -0.25) is 0 Å². The molecule has 7 heteroatoms. The van der Waals surface area contributed by atoms with Gasteiger partial charge in [0.15, 0.2) is 11.5 Å². The van der Waals surface area contributed by atoms with E-state index in [0.717, 1.165) is 16.6 Å². The monoisotopic (exact) mass is 326 g/mol. The van der Waals surface area contributed by atoms with Crippen molar-refractivity contribution >= 4 is 17.0 Å². The summed E-state index contributed by atoms with van der Waals surface area (Å²) in [4.78, 5) is 7.46. The topological polar surface area (TPSA) is 81.1 Å². The van der Waals surface area contributed by atoms with Crippen LogP contribution in [0.3, 0.4) is 0 Å². The van der Waals surface area contributed by atoms with E-state index in [1.807, 2.05) is 30.3 Å². The number of para-hydroxylation sites is 2. The summed E-state index contributed by atoms with van der Waals surface area (Å²) in [5.41, 5.74) is 2.63. The third kappa shape index (κ3) is 3.15. The second kappa shape index (κ2) is 6.99. The van der Waals surface area contributed by atoms with Crippen LogP contribution in [-0.2, 0) is 6.54 Å². The lowest BCUT2D eigenvalue weighted by Gasteiger charge is -2.12. The molecule has 0 fully saturated rings. The van der Waals surface area contributed by atoms with Gasteiger partial charge in [0.2, 0.25) is 5.95 Å². The van der Waals surface area contributed by atoms with Crippen molar-refractivity contribution < 1.29 is 14.2 Å². The maximum absolute atomic E-state index is 5.38. The van der Waals surface area contributed by atoms with Crippen LogP contribution in [0.1, 0.15) is 5.56 Å². The van der Waals surface area contributed by atoms with Gasteiger partial charge in [0, 0.05) is 11.6 Å². The fourth-order valence-corrected chi connectivity index (χ4v) is 2.38. The fourth-order valence-electron chi connectivity index (χ4n) is 2.38. The first-order chi connectivity index (χ1) is 11.7. The minimum Gasteiger partial charge on any atom is -0.496 e. The summed E-state index contributed by atoms with van der Waals surface area (Å²) in [7, 11) is 4.77. The first kappa shape index (κ1) is 15.8. The summed E-state index contributed by atoms with van der Waals surface area (Å²) in [6, 6.07) is 11.3. The molecule has 0 aliphatic rings. The zero-order valence-electron chi connectivity index (χ0n) is 13.7. The molecular formula is C17H18N4O3. The van der Waals surface area contributed by atoms with E-state index >= 15 is 0 Å². The van der Waals surface area contributed by atoms with E-state index in [-0.39, 0.29) is 0 Å². The minimum absolute atomic E-state index is 0.334. The molecule has 0 amide bonds. The smallest absolute Gasteiger partial charge is 0.247 e. The normalized spacial score (nSPS) is 11.1. The number of benzene rings is 2. The van der Waals surface area contributed by atoms with Gasteiger partial charge in [0.1, 0.15) is 5.75 Å². The van der Waals surface area contributed by atoms with E-state index in [1.54, 1.807) is 27.4 Å². The van der Waals surface area contributed by atoms with Crippen LogP contribution in [0, 0.1) is 0 Å². The van der Waals surface area contributed by atoms with Crippen molar-refractivity contribution in [3.63, 3.8) is 0 Å². The van der Waals surface area contributed by atoms with E-state index in [1.165, 1.54) is 0 Å². The quantitative estimate of drug-likeness (QED) is 0.697. The summed E-state index contributed by atoms with van der Waals surface area (Å²) in [6.07, 6.45) is 0. The van der Waals surface area contributed by atoms with Crippen LogP contribution in [0.2, 0.25) is 0 Å². The van der Waals surface area contributed by atoms with Crippen LogP contribution in [-0.4, -0.2) is 31.3 Å². The van der Waals surface area contributed by atoms with Gasteiger partial charge in [-0.15, -0.1) is 5.11 Å². The highest BCUT2D eigenvalue weighted by Gasteiger charge is 2.11. The largest absolute Gasteiger partial charge is 0.496 e. The molecule has 0 saturated carbocycles. The molecule has 0 unspecified atom stereocenters. The number of aromatic nitrogens is 2. The molecule has 0 aliphatic carbocycles. The maximum Gasteiger partial charge on any atom is 0.247 e. The number of aromatic amines is 1. The number of fused-ring (bicyclic) bond motifs is 1. The Bertz CT molecular complexity index is 840. The Morgan fingerprint density at radius 3 is 2.38 bits per heavy atom. The SMILES string of the molecule is COc1cc(OC)c(OC)cc1CN=Nc1nc2ccccc2[nH]1. The first-order valence-corrected chi connectivity index (χ1v) is 7.36. The number of rotatable bonds is 6. The predicted molar refractivity (Wildman–Crippen MR) is 90.4 cm³/mol. The Morgan fingerprint density at radius 1 is 0.958 bits per heavy atom. The van der Waals surface area contributed by atoms with Gasteiger partial charge in [0.25, 0.3) is 0 Å². The van der Waals surface area contributed by atoms with Gasteiger partial charge in [-0.25, -0.2) is 4.98 Å². The number of hydrogen-bond acceptors (Lipinski definition) is 6. The van der Waals surface area contributed by atoms with Crippen molar-refractivity contribution in [1.82, 2.24) is 9.97 Å². The van der Waals surface area contributed by atoms with Gasteiger partial charge in [-0.1, -0.05) is 12.1 Å². The molecule has 0 bridgehead atoms. The maximum atomic E-state index is 5.38. The zero-order valence-corrected chi connectivity index (χ0v) is 13.7. The van der Waals surface area contributed by atoms with Gasteiger partial charge in [0.05, 0.1) is 38.9 Å². The highest BCUT2D eigenvalue weighted by atomic mass is 16.5. The Kier molecular flexibility index (Phi) is 4.60.